The van der Waals surface area contributed by atoms with E-state index in [2.05, 4.69) is 13.8 Å². The first-order valence-electron chi connectivity index (χ1n) is 6.60. The second kappa shape index (κ2) is 6.45. The van der Waals surface area contributed by atoms with Crippen molar-refractivity contribution in [2.45, 2.75) is 46.6 Å². The highest BCUT2D eigenvalue weighted by atomic mass is 16.6. The normalized spacial score (nSPS) is 12.3. The van der Waals surface area contributed by atoms with Crippen LogP contribution in [-0.4, -0.2) is 18.7 Å². The summed E-state index contributed by atoms with van der Waals surface area (Å²) in [5.74, 6) is 0.612. The number of anilines is 1. The lowest BCUT2D eigenvalue weighted by molar-refractivity contribution is -0.150. The number of nitrogen functional groups attached to an aromatic ring is 1. The Morgan fingerprint density at radius 2 is 1.95 bits per heavy atom. The molecule has 0 radical (unpaired) electrons. The minimum Gasteiger partial charge on any atom is -0.479 e. The standard InChI is InChI=1S/C15H23NO3/c1-6-18-15(17)11(5)19-14-7-10(4)13(16)8-12(14)9(2)3/h7-9,11H,6,16H2,1-5H3. The highest BCUT2D eigenvalue weighted by molar-refractivity contribution is 5.74. The molecule has 0 fully saturated rings. The van der Waals surface area contributed by atoms with Crippen molar-refractivity contribution in [3.05, 3.63) is 23.3 Å². The minimum atomic E-state index is -0.625. The fourth-order valence-electron chi connectivity index (χ4n) is 1.77. The summed E-state index contributed by atoms with van der Waals surface area (Å²) in [6.45, 7) is 9.86. The number of benzene rings is 1. The molecule has 0 spiro atoms. The Bertz CT molecular complexity index is 455. The topological polar surface area (TPSA) is 61.5 Å². The Balaban J connectivity index is 2.99. The van der Waals surface area contributed by atoms with Crippen molar-refractivity contribution in [3.8, 4) is 5.75 Å². The van der Waals surface area contributed by atoms with Gasteiger partial charge in [-0.2, -0.15) is 0 Å². The van der Waals surface area contributed by atoms with Gasteiger partial charge in [0.2, 0.25) is 0 Å². The maximum Gasteiger partial charge on any atom is 0.347 e. The molecule has 1 aromatic carbocycles. The van der Waals surface area contributed by atoms with Gasteiger partial charge in [-0.1, -0.05) is 13.8 Å². The van der Waals surface area contributed by atoms with E-state index in [0.29, 0.717) is 12.4 Å². The van der Waals surface area contributed by atoms with Gasteiger partial charge >= 0.3 is 5.97 Å². The number of rotatable bonds is 5. The van der Waals surface area contributed by atoms with E-state index in [1.54, 1.807) is 13.8 Å². The zero-order valence-corrected chi connectivity index (χ0v) is 12.3. The molecule has 2 N–H and O–H groups in total. The van der Waals surface area contributed by atoms with Crippen molar-refractivity contribution < 1.29 is 14.3 Å². The molecule has 0 saturated heterocycles. The lowest BCUT2D eigenvalue weighted by Crippen LogP contribution is -2.26. The van der Waals surface area contributed by atoms with Gasteiger partial charge in [-0.15, -0.1) is 0 Å². The highest BCUT2D eigenvalue weighted by Crippen LogP contribution is 2.31. The number of carbonyl (C=O) groups is 1. The predicted octanol–water partition coefficient (Wildman–Crippen LogP) is 3.03. The molecule has 4 heteroatoms. The van der Waals surface area contributed by atoms with E-state index in [9.17, 15) is 4.79 Å². The summed E-state index contributed by atoms with van der Waals surface area (Å²) in [6.07, 6.45) is -0.625. The van der Waals surface area contributed by atoms with Gasteiger partial charge in [0, 0.05) is 5.69 Å². The van der Waals surface area contributed by atoms with Crippen LogP contribution in [0.4, 0.5) is 5.69 Å². The quantitative estimate of drug-likeness (QED) is 0.656. The number of aryl methyl sites for hydroxylation is 1. The van der Waals surface area contributed by atoms with Crippen LogP contribution in [0.25, 0.3) is 0 Å². The first kappa shape index (κ1) is 15.3. The van der Waals surface area contributed by atoms with Crippen molar-refractivity contribution in [3.63, 3.8) is 0 Å². The first-order chi connectivity index (χ1) is 8.86. The minimum absolute atomic E-state index is 0.271. The third-order valence-corrected chi connectivity index (χ3v) is 2.94. The van der Waals surface area contributed by atoms with E-state index in [1.165, 1.54) is 0 Å². The molecule has 106 valence electrons. The van der Waals surface area contributed by atoms with Gasteiger partial charge in [0.15, 0.2) is 6.10 Å². The van der Waals surface area contributed by atoms with E-state index in [4.69, 9.17) is 15.2 Å². The molecule has 4 nitrogen and oxygen atoms in total. The number of carbonyl (C=O) groups excluding carboxylic acids is 1. The molecular weight excluding hydrogens is 242 g/mol. The van der Waals surface area contributed by atoms with E-state index in [1.807, 2.05) is 19.1 Å². The van der Waals surface area contributed by atoms with Crippen molar-refractivity contribution in [1.82, 2.24) is 0 Å². The zero-order valence-electron chi connectivity index (χ0n) is 12.3. The molecule has 0 aromatic heterocycles. The number of hydrogen-bond donors (Lipinski definition) is 1. The number of hydrogen-bond acceptors (Lipinski definition) is 4. The lowest BCUT2D eigenvalue weighted by Gasteiger charge is -2.19. The van der Waals surface area contributed by atoms with Gasteiger partial charge in [-0.25, -0.2) is 4.79 Å². The van der Waals surface area contributed by atoms with Gasteiger partial charge in [-0.05, 0) is 49.9 Å². The van der Waals surface area contributed by atoms with Crippen molar-refractivity contribution in [1.29, 1.82) is 0 Å². The molecule has 1 rings (SSSR count). The molecule has 19 heavy (non-hydrogen) atoms. The fourth-order valence-corrected chi connectivity index (χ4v) is 1.77. The van der Waals surface area contributed by atoms with Gasteiger partial charge in [0.25, 0.3) is 0 Å². The first-order valence-corrected chi connectivity index (χ1v) is 6.60. The number of esters is 1. The summed E-state index contributed by atoms with van der Waals surface area (Å²) in [5, 5.41) is 0. The Morgan fingerprint density at radius 1 is 1.32 bits per heavy atom. The Hall–Kier alpha value is -1.71. The summed E-state index contributed by atoms with van der Waals surface area (Å²) >= 11 is 0. The van der Waals surface area contributed by atoms with Gasteiger partial charge in [0.05, 0.1) is 6.61 Å². The van der Waals surface area contributed by atoms with Crippen molar-refractivity contribution in [2.75, 3.05) is 12.3 Å². The third-order valence-electron chi connectivity index (χ3n) is 2.94. The molecule has 0 heterocycles. The lowest BCUT2D eigenvalue weighted by atomic mass is 9.99. The summed E-state index contributed by atoms with van der Waals surface area (Å²) < 4.78 is 10.7. The SMILES string of the molecule is CCOC(=O)C(C)Oc1cc(C)c(N)cc1C(C)C. The van der Waals surface area contributed by atoms with Crippen LogP contribution < -0.4 is 10.5 Å². The Morgan fingerprint density at radius 3 is 2.47 bits per heavy atom. The smallest absolute Gasteiger partial charge is 0.347 e. The summed E-state index contributed by atoms with van der Waals surface area (Å²) in [7, 11) is 0. The average Bonchev–Trinajstić information content (AvgIpc) is 2.33. The second-order valence-corrected chi connectivity index (χ2v) is 4.91. The van der Waals surface area contributed by atoms with Gasteiger partial charge in [0.1, 0.15) is 5.75 Å². The van der Waals surface area contributed by atoms with Crippen molar-refractivity contribution in [2.24, 2.45) is 0 Å². The summed E-state index contributed by atoms with van der Waals surface area (Å²) in [6, 6.07) is 3.79. The highest BCUT2D eigenvalue weighted by Gasteiger charge is 2.19. The number of nitrogens with two attached hydrogens (primary N) is 1. The summed E-state index contributed by atoms with van der Waals surface area (Å²) in [5.41, 5.74) is 8.59. The van der Waals surface area contributed by atoms with Crippen molar-refractivity contribution >= 4 is 11.7 Å². The van der Waals surface area contributed by atoms with Crippen LogP contribution in [0, 0.1) is 6.92 Å². The van der Waals surface area contributed by atoms with Gasteiger partial charge < -0.3 is 15.2 Å². The van der Waals surface area contributed by atoms with Crippen LogP contribution in [-0.2, 0) is 9.53 Å². The fraction of sp³-hybridized carbons (Fsp3) is 0.533. The number of ether oxygens (including phenoxy) is 2. The Kier molecular flexibility index (Phi) is 5.21. The van der Waals surface area contributed by atoms with Crippen LogP contribution >= 0.6 is 0 Å². The van der Waals surface area contributed by atoms with Crippen LogP contribution in [0.1, 0.15) is 44.7 Å². The van der Waals surface area contributed by atoms with E-state index in [-0.39, 0.29) is 11.9 Å². The van der Waals surface area contributed by atoms with E-state index < -0.39 is 6.10 Å². The molecule has 0 saturated carbocycles. The molecule has 0 aliphatic rings. The molecule has 1 unspecified atom stereocenters. The van der Waals surface area contributed by atoms with Crippen LogP contribution in [0.2, 0.25) is 0 Å². The van der Waals surface area contributed by atoms with Crippen LogP contribution in [0.3, 0.4) is 0 Å². The van der Waals surface area contributed by atoms with Crippen LogP contribution in [0.5, 0.6) is 5.75 Å². The maximum atomic E-state index is 11.6. The van der Waals surface area contributed by atoms with E-state index >= 15 is 0 Å². The molecule has 0 amide bonds. The third kappa shape index (κ3) is 3.88. The molecule has 0 bridgehead atoms. The van der Waals surface area contributed by atoms with Crippen LogP contribution in [0.15, 0.2) is 12.1 Å². The maximum absolute atomic E-state index is 11.6. The summed E-state index contributed by atoms with van der Waals surface area (Å²) in [4.78, 5) is 11.6. The largest absolute Gasteiger partial charge is 0.479 e. The van der Waals surface area contributed by atoms with E-state index in [0.717, 1.165) is 16.8 Å². The molecule has 0 aliphatic carbocycles. The Labute approximate surface area is 114 Å². The molecule has 1 atom stereocenters. The van der Waals surface area contributed by atoms with Gasteiger partial charge in [-0.3, -0.25) is 0 Å². The molecular formula is C15H23NO3. The second-order valence-electron chi connectivity index (χ2n) is 4.91. The molecule has 1 aromatic rings. The molecule has 0 aliphatic heterocycles. The predicted molar refractivity (Wildman–Crippen MR) is 76.4 cm³/mol. The monoisotopic (exact) mass is 265 g/mol. The average molecular weight is 265 g/mol. The zero-order chi connectivity index (χ0) is 14.6.